The molecule has 1 atom stereocenters. The number of nitrogens with one attached hydrogen (secondary N) is 1. The van der Waals surface area contributed by atoms with Crippen molar-refractivity contribution in [2.24, 2.45) is 5.92 Å². The number of nitrogens with zero attached hydrogens (tertiary/aromatic N) is 1. The van der Waals surface area contributed by atoms with Crippen LogP contribution in [0.3, 0.4) is 0 Å². The summed E-state index contributed by atoms with van der Waals surface area (Å²) in [6.07, 6.45) is 6.20. The van der Waals surface area contributed by atoms with Gasteiger partial charge in [0.1, 0.15) is 5.69 Å². The largest absolute Gasteiger partial charge is 0.397 e. The second-order valence-corrected chi connectivity index (χ2v) is 6.05. The van der Waals surface area contributed by atoms with E-state index >= 15 is 0 Å². The van der Waals surface area contributed by atoms with Crippen molar-refractivity contribution >= 4 is 11.6 Å². The van der Waals surface area contributed by atoms with Crippen LogP contribution >= 0.6 is 0 Å². The van der Waals surface area contributed by atoms with Gasteiger partial charge in [0.2, 0.25) is 0 Å². The SMILES string of the molecule is CCCn1cc(N)cc1C(=O)NC(C)CCCC(C)C. The quantitative estimate of drug-likeness (QED) is 0.766. The minimum absolute atomic E-state index is 0.0211. The molecule has 0 radical (unpaired) electrons. The van der Waals surface area contributed by atoms with Crippen molar-refractivity contribution in [3.8, 4) is 0 Å². The van der Waals surface area contributed by atoms with Gasteiger partial charge in [-0.25, -0.2) is 0 Å². The Morgan fingerprint density at radius 2 is 2.05 bits per heavy atom. The maximum atomic E-state index is 12.3. The Balaban J connectivity index is 2.53. The number of carbonyl (C=O) groups excluding carboxylic acids is 1. The topological polar surface area (TPSA) is 60.0 Å². The molecular formula is C16H29N3O. The predicted molar refractivity (Wildman–Crippen MR) is 84.8 cm³/mol. The van der Waals surface area contributed by atoms with E-state index in [0.29, 0.717) is 11.4 Å². The van der Waals surface area contributed by atoms with Crippen molar-refractivity contribution in [1.82, 2.24) is 9.88 Å². The molecule has 4 nitrogen and oxygen atoms in total. The highest BCUT2D eigenvalue weighted by atomic mass is 16.2. The lowest BCUT2D eigenvalue weighted by atomic mass is 10.0. The molecule has 0 aliphatic carbocycles. The molecule has 20 heavy (non-hydrogen) atoms. The second-order valence-electron chi connectivity index (χ2n) is 6.05. The number of carbonyl (C=O) groups is 1. The number of nitrogens with two attached hydrogens (primary N) is 1. The van der Waals surface area contributed by atoms with Gasteiger partial charge < -0.3 is 15.6 Å². The van der Waals surface area contributed by atoms with Crippen molar-refractivity contribution in [2.75, 3.05) is 5.73 Å². The summed E-state index contributed by atoms with van der Waals surface area (Å²) in [7, 11) is 0. The van der Waals surface area contributed by atoms with E-state index in [0.717, 1.165) is 31.7 Å². The third-order valence-corrected chi connectivity index (χ3v) is 3.41. The number of hydrogen-bond acceptors (Lipinski definition) is 2. The van der Waals surface area contributed by atoms with Crippen LogP contribution in [-0.2, 0) is 6.54 Å². The Bertz CT molecular complexity index is 423. The van der Waals surface area contributed by atoms with Crippen molar-refractivity contribution in [3.63, 3.8) is 0 Å². The van der Waals surface area contributed by atoms with Gasteiger partial charge in [0, 0.05) is 18.8 Å². The van der Waals surface area contributed by atoms with Crippen LogP contribution < -0.4 is 11.1 Å². The fourth-order valence-corrected chi connectivity index (χ4v) is 2.35. The summed E-state index contributed by atoms with van der Waals surface area (Å²) in [5.41, 5.74) is 7.11. The number of aromatic nitrogens is 1. The third-order valence-electron chi connectivity index (χ3n) is 3.41. The van der Waals surface area contributed by atoms with Crippen molar-refractivity contribution in [2.45, 2.75) is 66.0 Å². The van der Waals surface area contributed by atoms with Crippen LogP contribution in [0.2, 0.25) is 0 Å². The van der Waals surface area contributed by atoms with Crippen LogP contribution in [0, 0.1) is 5.92 Å². The van der Waals surface area contributed by atoms with E-state index < -0.39 is 0 Å². The first-order valence-corrected chi connectivity index (χ1v) is 7.70. The molecule has 1 unspecified atom stereocenters. The van der Waals surface area contributed by atoms with Crippen molar-refractivity contribution in [1.29, 1.82) is 0 Å². The zero-order valence-corrected chi connectivity index (χ0v) is 13.3. The molecule has 0 aliphatic rings. The molecule has 0 spiro atoms. The van der Waals surface area contributed by atoms with E-state index in [2.05, 4.69) is 33.0 Å². The summed E-state index contributed by atoms with van der Waals surface area (Å²) in [5, 5.41) is 3.07. The number of anilines is 1. The van der Waals surface area contributed by atoms with E-state index in [1.807, 2.05) is 10.8 Å². The number of hydrogen-bond donors (Lipinski definition) is 2. The molecule has 1 rings (SSSR count). The molecule has 0 aromatic carbocycles. The molecular weight excluding hydrogens is 250 g/mol. The van der Waals surface area contributed by atoms with Crippen LogP contribution in [0.5, 0.6) is 0 Å². The van der Waals surface area contributed by atoms with Crippen LogP contribution in [-0.4, -0.2) is 16.5 Å². The monoisotopic (exact) mass is 279 g/mol. The van der Waals surface area contributed by atoms with Gasteiger partial charge in [-0.2, -0.15) is 0 Å². The van der Waals surface area contributed by atoms with Crippen molar-refractivity contribution in [3.05, 3.63) is 18.0 Å². The van der Waals surface area contributed by atoms with Crippen LogP contribution in [0.15, 0.2) is 12.3 Å². The zero-order valence-electron chi connectivity index (χ0n) is 13.3. The summed E-state index contributed by atoms with van der Waals surface area (Å²) in [6.45, 7) is 9.43. The number of rotatable bonds is 8. The Labute approximate surface area is 122 Å². The summed E-state index contributed by atoms with van der Waals surface area (Å²) < 4.78 is 1.94. The molecule has 1 aromatic heterocycles. The lowest BCUT2D eigenvalue weighted by Crippen LogP contribution is -2.33. The molecule has 3 N–H and O–H groups in total. The molecule has 114 valence electrons. The highest BCUT2D eigenvalue weighted by Gasteiger charge is 2.14. The molecule has 1 aromatic rings. The second kappa shape index (κ2) is 7.98. The Morgan fingerprint density at radius 1 is 1.35 bits per heavy atom. The number of amides is 1. The molecule has 0 fully saturated rings. The van der Waals surface area contributed by atoms with Gasteiger partial charge in [-0.3, -0.25) is 4.79 Å². The summed E-state index contributed by atoms with van der Waals surface area (Å²) in [6, 6.07) is 1.96. The van der Waals surface area contributed by atoms with Gasteiger partial charge in [-0.15, -0.1) is 0 Å². The summed E-state index contributed by atoms with van der Waals surface area (Å²) in [4.78, 5) is 12.3. The molecule has 4 heteroatoms. The average Bonchev–Trinajstić information content (AvgIpc) is 2.70. The van der Waals surface area contributed by atoms with Gasteiger partial charge in [0.25, 0.3) is 5.91 Å². The minimum Gasteiger partial charge on any atom is -0.397 e. The van der Waals surface area contributed by atoms with Crippen LogP contribution in [0.25, 0.3) is 0 Å². The zero-order chi connectivity index (χ0) is 15.1. The minimum atomic E-state index is -0.0211. The highest BCUT2D eigenvalue weighted by Crippen LogP contribution is 2.13. The van der Waals surface area contributed by atoms with Gasteiger partial charge in [-0.05, 0) is 31.7 Å². The van der Waals surface area contributed by atoms with E-state index in [1.165, 1.54) is 6.42 Å². The fraction of sp³-hybridized carbons (Fsp3) is 0.688. The lowest BCUT2D eigenvalue weighted by molar-refractivity contribution is 0.0928. The highest BCUT2D eigenvalue weighted by molar-refractivity contribution is 5.94. The van der Waals surface area contributed by atoms with Crippen LogP contribution in [0.4, 0.5) is 5.69 Å². The van der Waals surface area contributed by atoms with Crippen LogP contribution in [0.1, 0.15) is 63.9 Å². The Morgan fingerprint density at radius 3 is 2.65 bits per heavy atom. The van der Waals surface area contributed by atoms with Gasteiger partial charge >= 0.3 is 0 Å². The van der Waals surface area contributed by atoms with Crippen molar-refractivity contribution < 1.29 is 4.79 Å². The molecule has 0 aliphatic heterocycles. The molecule has 1 heterocycles. The van der Waals surface area contributed by atoms with E-state index in [9.17, 15) is 4.79 Å². The summed E-state index contributed by atoms with van der Waals surface area (Å²) in [5.74, 6) is 0.701. The standard InChI is InChI=1S/C16H29N3O/c1-5-9-19-11-14(17)10-15(19)16(20)18-13(4)8-6-7-12(2)3/h10-13H,5-9,17H2,1-4H3,(H,18,20). The first-order chi connectivity index (χ1) is 9.43. The van der Waals surface area contributed by atoms with E-state index in [4.69, 9.17) is 5.73 Å². The number of nitrogen functional groups attached to an aromatic ring is 1. The molecule has 0 saturated heterocycles. The Hall–Kier alpha value is -1.45. The first kappa shape index (κ1) is 16.6. The van der Waals surface area contributed by atoms with E-state index in [-0.39, 0.29) is 11.9 Å². The Kier molecular flexibility index (Phi) is 6.62. The molecule has 0 bridgehead atoms. The number of aryl methyl sites for hydroxylation is 1. The maximum absolute atomic E-state index is 12.3. The normalized spacial score (nSPS) is 12.7. The lowest BCUT2D eigenvalue weighted by Gasteiger charge is -2.15. The summed E-state index contributed by atoms with van der Waals surface area (Å²) >= 11 is 0. The van der Waals surface area contributed by atoms with Gasteiger partial charge in [0.05, 0.1) is 5.69 Å². The van der Waals surface area contributed by atoms with Gasteiger partial charge in [-0.1, -0.05) is 33.6 Å². The first-order valence-electron chi connectivity index (χ1n) is 7.70. The molecule has 1 amide bonds. The molecule has 0 saturated carbocycles. The van der Waals surface area contributed by atoms with Gasteiger partial charge in [0.15, 0.2) is 0 Å². The maximum Gasteiger partial charge on any atom is 0.268 e. The average molecular weight is 279 g/mol. The third kappa shape index (κ3) is 5.27. The van der Waals surface area contributed by atoms with E-state index in [1.54, 1.807) is 6.07 Å². The predicted octanol–water partition coefficient (Wildman–Crippen LogP) is 3.42. The smallest absolute Gasteiger partial charge is 0.268 e. The fourth-order valence-electron chi connectivity index (χ4n) is 2.35.